The molecule has 0 aliphatic heterocycles. The van der Waals surface area contributed by atoms with Gasteiger partial charge in [-0.2, -0.15) is 0 Å². The van der Waals surface area contributed by atoms with Crippen molar-refractivity contribution in [1.29, 1.82) is 0 Å². The third-order valence-electron chi connectivity index (χ3n) is 6.54. The smallest absolute Gasteiger partial charge is 0.407 e. The van der Waals surface area contributed by atoms with Crippen molar-refractivity contribution >= 4 is 57.8 Å². The van der Waals surface area contributed by atoms with Crippen molar-refractivity contribution in [3.63, 3.8) is 0 Å². The number of ether oxygens (including phenoxy) is 2. The van der Waals surface area contributed by atoms with Crippen LogP contribution in [0.3, 0.4) is 0 Å². The molecule has 4 aromatic rings. The molecule has 1 heterocycles. The third kappa shape index (κ3) is 6.20. The Morgan fingerprint density at radius 1 is 0.950 bits per heavy atom. The summed E-state index contributed by atoms with van der Waals surface area (Å²) in [5.41, 5.74) is 3.96. The van der Waals surface area contributed by atoms with Crippen molar-refractivity contribution in [2.24, 2.45) is 0 Å². The fourth-order valence-electron chi connectivity index (χ4n) is 4.84. The summed E-state index contributed by atoms with van der Waals surface area (Å²) in [7, 11) is 0. The van der Waals surface area contributed by atoms with E-state index >= 15 is 0 Å². The van der Waals surface area contributed by atoms with Crippen LogP contribution in [0.1, 0.15) is 22.6 Å². The number of amides is 1. The zero-order valence-corrected chi connectivity index (χ0v) is 23.0. The van der Waals surface area contributed by atoms with Gasteiger partial charge in [-0.05, 0) is 39.9 Å². The highest BCUT2D eigenvalue weighted by molar-refractivity contribution is 6.67. The van der Waals surface area contributed by atoms with Crippen LogP contribution in [-0.2, 0) is 20.7 Å². The molecule has 1 aromatic heterocycles. The molecule has 0 bridgehead atoms. The molecule has 1 atom stereocenters. The second-order valence-corrected chi connectivity index (χ2v) is 11.7. The zero-order chi connectivity index (χ0) is 28.4. The number of hydrogen-bond acceptors (Lipinski definition) is 7. The SMILES string of the molecule is O=C(NC(Cc1cc(=O)oc2cc(O)ccc12)C(=O)OCC(Cl)(Cl)Cl)OCC1c2ccccc2-c2ccccc21. The first-order valence-corrected chi connectivity index (χ1v) is 13.3. The molecule has 1 amide bonds. The second kappa shape index (κ2) is 11.4. The monoisotopic (exact) mass is 601 g/mol. The van der Waals surface area contributed by atoms with E-state index in [9.17, 15) is 19.5 Å². The summed E-state index contributed by atoms with van der Waals surface area (Å²) in [6.45, 7) is -0.544. The van der Waals surface area contributed by atoms with E-state index in [0.29, 0.717) is 10.9 Å². The summed E-state index contributed by atoms with van der Waals surface area (Å²) in [5.74, 6) is -1.20. The van der Waals surface area contributed by atoms with Crippen LogP contribution in [0.15, 0.2) is 82.0 Å². The molecule has 1 unspecified atom stereocenters. The molecule has 8 nitrogen and oxygen atoms in total. The second-order valence-electron chi connectivity index (χ2n) is 9.22. The number of alkyl carbamates (subject to hydrolysis) is 1. The number of aromatic hydroxyl groups is 1. The van der Waals surface area contributed by atoms with Crippen LogP contribution >= 0.6 is 34.8 Å². The van der Waals surface area contributed by atoms with Crippen LogP contribution < -0.4 is 10.9 Å². The molecule has 1 aliphatic carbocycles. The number of phenolic OH excluding ortho intramolecular Hbond substituents is 1. The van der Waals surface area contributed by atoms with Crippen LogP contribution in [0.5, 0.6) is 5.75 Å². The molecule has 0 saturated heterocycles. The summed E-state index contributed by atoms with van der Waals surface area (Å²) >= 11 is 17.2. The minimum atomic E-state index is -1.87. The summed E-state index contributed by atoms with van der Waals surface area (Å²) in [6, 6.07) is 19.9. The van der Waals surface area contributed by atoms with Crippen LogP contribution in [0, 0.1) is 0 Å². The van der Waals surface area contributed by atoms with E-state index < -0.39 is 34.1 Å². The number of nitrogens with one attached hydrogen (secondary N) is 1. The van der Waals surface area contributed by atoms with Crippen molar-refractivity contribution in [3.05, 3.63) is 99.9 Å². The van der Waals surface area contributed by atoms with Crippen molar-refractivity contribution in [1.82, 2.24) is 5.32 Å². The molecule has 2 N–H and O–H groups in total. The van der Waals surface area contributed by atoms with E-state index in [0.717, 1.165) is 22.3 Å². The number of esters is 1. The molecule has 0 fully saturated rings. The highest BCUT2D eigenvalue weighted by atomic mass is 35.6. The van der Waals surface area contributed by atoms with Crippen LogP contribution in [-0.4, -0.2) is 40.2 Å². The van der Waals surface area contributed by atoms with Crippen LogP contribution in [0.2, 0.25) is 0 Å². The lowest BCUT2D eigenvalue weighted by atomic mass is 9.98. The van der Waals surface area contributed by atoms with E-state index in [2.05, 4.69) is 5.32 Å². The van der Waals surface area contributed by atoms with E-state index in [1.807, 2.05) is 48.5 Å². The van der Waals surface area contributed by atoms with E-state index in [1.165, 1.54) is 24.3 Å². The third-order valence-corrected chi connectivity index (χ3v) is 6.86. The number of halogens is 3. The zero-order valence-electron chi connectivity index (χ0n) is 20.7. The summed E-state index contributed by atoms with van der Waals surface area (Å²) in [6.07, 6.45) is -1.04. The Bertz CT molecular complexity index is 1600. The van der Waals surface area contributed by atoms with Gasteiger partial charge in [-0.15, -0.1) is 0 Å². The normalized spacial score (nSPS) is 13.4. The van der Waals surface area contributed by atoms with Crippen LogP contribution in [0.25, 0.3) is 22.1 Å². The number of carbonyl (C=O) groups excluding carboxylic acids is 2. The largest absolute Gasteiger partial charge is 0.508 e. The number of rotatable bonds is 7. The minimum Gasteiger partial charge on any atom is -0.508 e. The van der Waals surface area contributed by atoms with Gasteiger partial charge in [-0.1, -0.05) is 83.3 Å². The molecular weight excluding hydrogens is 581 g/mol. The molecule has 5 rings (SSSR count). The summed E-state index contributed by atoms with van der Waals surface area (Å²) < 4.78 is 14.0. The Hall–Kier alpha value is -3.72. The lowest BCUT2D eigenvalue weighted by Crippen LogP contribution is -2.44. The molecule has 11 heteroatoms. The summed E-state index contributed by atoms with van der Waals surface area (Å²) in [4.78, 5) is 38.1. The summed E-state index contributed by atoms with van der Waals surface area (Å²) in [5, 5.41) is 12.7. The lowest BCUT2D eigenvalue weighted by molar-refractivity contribution is -0.145. The maximum Gasteiger partial charge on any atom is 0.407 e. The lowest BCUT2D eigenvalue weighted by Gasteiger charge is -2.21. The fraction of sp³-hybridized carbons (Fsp3) is 0.207. The van der Waals surface area contributed by atoms with Crippen molar-refractivity contribution < 1.29 is 28.6 Å². The molecule has 0 saturated carbocycles. The average Bonchev–Trinajstić information content (AvgIpc) is 3.23. The van der Waals surface area contributed by atoms with E-state index in [4.69, 9.17) is 48.7 Å². The molecule has 1 aliphatic rings. The van der Waals surface area contributed by atoms with Gasteiger partial charge in [0.15, 0.2) is 0 Å². The van der Waals surface area contributed by atoms with Gasteiger partial charge in [-0.3, -0.25) is 0 Å². The standard InChI is InChI=1S/C29H22Cl3NO7/c30-29(31,32)15-39-27(36)24(11-16-12-26(35)40-25-13-17(34)9-10-18(16)25)33-28(37)38-14-23-21-7-3-1-5-19(21)20-6-2-4-8-22(20)23/h1-10,12-13,23-24,34H,11,14-15H2,(H,33,37). The van der Waals surface area contributed by atoms with E-state index in [-0.39, 0.29) is 30.3 Å². The van der Waals surface area contributed by atoms with Crippen molar-refractivity contribution in [2.75, 3.05) is 13.2 Å². The van der Waals surface area contributed by atoms with Gasteiger partial charge >= 0.3 is 17.7 Å². The van der Waals surface area contributed by atoms with Gasteiger partial charge in [0.2, 0.25) is 3.79 Å². The van der Waals surface area contributed by atoms with E-state index in [1.54, 1.807) is 0 Å². The first kappa shape index (κ1) is 27.8. The first-order valence-electron chi connectivity index (χ1n) is 12.2. The molecule has 40 heavy (non-hydrogen) atoms. The van der Waals surface area contributed by atoms with Crippen LogP contribution in [0.4, 0.5) is 4.79 Å². The fourth-order valence-corrected chi connectivity index (χ4v) is 5.00. The number of fused-ring (bicyclic) bond motifs is 4. The number of hydrogen-bond donors (Lipinski definition) is 2. The maximum atomic E-state index is 13.0. The molecule has 3 aromatic carbocycles. The van der Waals surface area contributed by atoms with Gasteiger partial charge in [0.05, 0.1) is 0 Å². The highest BCUT2D eigenvalue weighted by Crippen LogP contribution is 2.44. The Morgan fingerprint density at radius 3 is 2.25 bits per heavy atom. The maximum absolute atomic E-state index is 13.0. The topological polar surface area (TPSA) is 115 Å². The molecule has 0 radical (unpaired) electrons. The molecular formula is C29H22Cl3NO7. The molecule has 206 valence electrons. The highest BCUT2D eigenvalue weighted by Gasteiger charge is 2.31. The number of benzene rings is 3. The Morgan fingerprint density at radius 2 is 1.60 bits per heavy atom. The Balaban J connectivity index is 1.36. The van der Waals surface area contributed by atoms with Gasteiger partial charge < -0.3 is 24.3 Å². The predicted molar refractivity (Wildman–Crippen MR) is 151 cm³/mol. The minimum absolute atomic E-state index is 0.0207. The number of phenols is 1. The van der Waals surface area contributed by atoms with Crippen molar-refractivity contribution in [3.8, 4) is 16.9 Å². The average molecular weight is 603 g/mol. The Labute approximate surface area is 243 Å². The number of alkyl halides is 3. The molecule has 0 spiro atoms. The van der Waals surface area contributed by atoms with Gasteiger partial charge in [-0.25, -0.2) is 14.4 Å². The van der Waals surface area contributed by atoms with Gasteiger partial charge in [0, 0.05) is 29.9 Å². The van der Waals surface area contributed by atoms with Gasteiger partial charge in [0.1, 0.15) is 30.6 Å². The first-order chi connectivity index (χ1) is 19.1. The Kier molecular flexibility index (Phi) is 7.94. The number of carbonyl (C=O) groups is 2. The quantitative estimate of drug-likeness (QED) is 0.155. The predicted octanol–water partition coefficient (Wildman–Crippen LogP) is 5.86. The van der Waals surface area contributed by atoms with Crippen molar-refractivity contribution in [2.45, 2.75) is 22.2 Å². The van der Waals surface area contributed by atoms with Gasteiger partial charge in [0.25, 0.3) is 0 Å².